The van der Waals surface area contributed by atoms with Gasteiger partial charge in [0.05, 0.1) is 33.5 Å². The van der Waals surface area contributed by atoms with E-state index in [9.17, 15) is 4.79 Å². The Morgan fingerprint density at radius 1 is 0.354 bits per heavy atom. The Morgan fingerprint density at radius 2 is 0.954 bits per heavy atom. The second-order valence-electron chi connectivity index (χ2n) is 17.4. The zero-order valence-corrected chi connectivity index (χ0v) is 35.2. The van der Waals surface area contributed by atoms with Crippen molar-refractivity contribution in [1.82, 2.24) is 4.57 Å². The van der Waals surface area contributed by atoms with E-state index in [2.05, 4.69) is 222 Å². The van der Waals surface area contributed by atoms with Gasteiger partial charge in [-0.2, -0.15) is 0 Å². The van der Waals surface area contributed by atoms with Crippen molar-refractivity contribution >= 4 is 44.7 Å². The number of fused-ring (bicyclic) bond motifs is 16. The molecule has 0 saturated heterocycles. The van der Waals surface area contributed by atoms with Crippen molar-refractivity contribution in [2.24, 2.45) is 0 Å². The molecule has 0 unspecified atom stereocenters. The van der Waals surface area contributed by atoms with E-state index in [-0.39, 0.29) is 5.78 Å². The van der Waals surface area contributed by atoms with E-state index in [1.54, 1.807) is 0 Å². The maximum atomic E-state index is 14.3. The highest BCUT2D eigenvalue weighted by Crippen LogP contribution is 2.65. The van der Waals surface area contributed by atoms with Crippen LogP contribution in [-0.2, 0) is 5.41 Å². The van der Waals surface area contributed by atoms with Crippen molar-refractivity contribution in [2.45, 2.75) is 5.41 Å². The zero-order chi connectivity index (χ0) is 42.8. The molecular formula is C62H38N2O. The highest BCUT2D eigenvalue weighted by atomic mass is 16.1. The molecule has 3 aliphatic rings. The van der Waals surface area contributed by atoms with Gasteiger partial charge in [0.15, 0.2) is 5.78 Å². The van der Waals surface area contributed by atoms with Gasteiger partial charge in [0.1, 0.15) is 0 Å². The van der Waals surface area contributed by atoms with Crippen LogP contribution in [0.1, 0.15) is 38.2 Å². The second-order valence-corrected chi connectivity index (χ2v) is 17.4. The lowest BCUT2D eigenvalue weighted by Gasteiger charge is -2.46. The van der Waals surface area contributed by atoms with Crippen molar-refractivity contribution in [3.05, 3.63) is 264 Å². The summed E-state index contributed by atoms with van der Waals surface area (Å²) in [4.78, 5) is 16.8. The number of para-hydroxylation sites is 3. The Balaban J connectivity index is 1.13. The molecule has 65 heavy (non-hydrogen) atoms. The van der Waals surface area contributed by atoms with Gasteiger partial charge in [-0.1, -0.05) is 194 Å². The highest BCUT2D eigenvalue weighted by molar-refractivity contribution is 6.25. The van der Waals surface area contributed by atoms with E-state index in [0.29, 0.717) is 0 Å². The lowest BCUT2D eigenvalue weighted by Crippen LogP contribution is -2.36. The van der Waals surface area contributed by atoms with Crippen LogP contribution in [0.2, 0.25) is 0 Å². The molecule has 0 radical (unpaired) electrons. The summed E-state index contributed by atoms with van der Waals surface area (Å²) in [6, 6.07) is 83.5. The first-order valence-corrected chi connectivity index (χ1v) is 22.4. The summed E-state index contributed by atoms with van der Waals surface area (Å²) in [6.45, 7) is 0. The summed E-state index contributed by atoms with van der Waals surface area (Å²) < 4.78 is 2.48. The summed E-state index contributed by atoms with van der Waals surface area (Å²) in [5, 5.41) is 2.40. The molecule has 10 aromatic carbocycles. The quantitative estimate of drug-likeness (QED) is 0.177. The summed E-state index contributed by atoms with van der Waals surface area (Å²) in [5.41, 5.74) is 21.3. The van der Waals surface area contributed by atoms with Gasteiger partial charge in [0, 0.05) is 33.2 Å². The molecule has 3 heteroatoms. The third-order valence-electron chi connectivity index (χ3n) is 14.3. The van der Waals surface area contributed by atoms with E-state index in [0.717, 1.165) is 78.3 Å². The average Bonchev–Trinajstić information content (AvgIpc) is 3.99. The fraction of sp³-hybridized carbons (Fsp3) is 0.0161. The predicted octanol–water partition coefficient (Wildman–Crippen LogP) is 15.5. The largest absolute Gasteiger partial charge is 0.307 e. The molecule has 11 aromatic rings. The molecule has 0 fully saturated rings. The standard InChI is InChI=1S/C62H38N2O/c65-61-49-26-8-7-22-43(49)47-28-17-27-42(58(47)61)40-34-37-56(50(38-40)39-18-3-1-4-19-39)64-57-33-16-14-31-53(57)62(51-29-12-9-23-44(51)45-24-10-13-30-52(45)62)54-36-35-48-46-25-11-15-32-55(46)63(59(48)60(54)64)41-20-5-2-6-21-41/h1-38H. The first-order chi connectivity index (χ1) is 32.2. The van der Waals surface area contributed by atoms with E-state index in [1.165, 1.54) is 44.2 Å². The number of hydrogen-bond acceptors (Lipinski definition) is 2. The summed E-state index contributed by atoms with van der Waals surface area (Å²) in [7, 11) is 0. The Labute approximate surface area is 376 Å². The third-order valence-corrected chi connectivity index (χ3v) is 14.3. The van der Waals surface area contributed by atoms with Crippen LogP contribution < -0.4 is 4.90 Å². The predicted molar refractivity (Wildman–Crippen MR) is 266 cm³/mol. The van der Waals surface area contributed by atoms with Crippen LogP contribution in [0.4, 0.5) is 17.1 Å². The Kier molecular flexibility index (Phi) is 7.47. The van der Waals surface area contributed by atoms with Gasteiger partial charge < -0.3 is 9.47 Å². The molecule has 0 saturated carbocycles. The SMILES string of the molecule is O=C1c2ccccc2-c2cccc(-c3ccc(N4c5ccccc5C5(c6ccccc6-c6ccccc65)c5ccc6c7ccccc7n(-c7ccccc7)c6c54)c(-c4ccccc4)c3)c21. The van der Waals surface area contributed by atoms with Gasteiger partial charge in [0.2, 0.25) is 0 Å². The van der Waals surface area contributed by atoms with Crippen molar-refractivity contribution < 1.29 is 4.79 Å². The van der Waals surface area contributed by atoms with Crippen LogP contribution >= 0.6 is 0 Å². The topological polar surface area (TPSA) is 25.2 Å². The second kappa shape index (κ2) is 13.5. The van der Waals surface area contributed by atoms with Gasteiger partial charge in [-0.3, -0.25) is 4.79 Å². The molecule has 2 heterocycles. The van der Waals surface area contributed by atoms with Crippen molar-refractivity contribution in [1.29, 1.82) is 0 Å². The zero-order valence-electron chi connectivity index (χ0n) is 35.2. The summed E-state index contributed by atoms with van der Waals surface area (Å²) in [5.74, 6) is 0.0778. The van der Waals surface area contributed by atoms with E-state index >= 15 is 0 Å². The van der Waals surface area contributed by atoms with Gasteiger partial charge in [0.25, 0.3) is 0 Å². The Hall–Kier alpha value is -8.53. The Bertz CT molecular complexity index is 3760. The normalized spacial score (nSPS) is 13.7. The van der Waals surface area contributed by atoms with Crippen LogP contribution in [0.25, 0.3) is 72.0 Å². The fourth-order valence-electron chi connectivity index (χ4n) is 11.8. The number of hydrogen-bond donors (Lipinski definition) is 0. The molecule has 1 spiro atoms. The molecule has 0 amide bonds. The molecule has 2 aliphatic carbocycles. The maximum Gasteiger partial charge on any atom is 0.194 e. The molecule has 1 aliphatic heterocycles. The van der Waals surface area contributed by atoms with Crippen molar-refractivity contribution in [3.8, 4) is 50.2 Å². The fourth-order valence-corrected chi connectivity index (χ4v) is 11.8. The lowest BCUT2D eigenvalue weighted by atomic mass is 9.64. The highest BCUT2D eigenvalue weighted by Gasteiger charge is 2.52. The number of nitrogens with zero attached hydrogens (tertiary/aromatic N) is 2. The van der Waals surface area contributed by atoms with E-state index in [4.69, 9.17) is 0 Å². The molecule has 14 rings (SSSR count). The maximum absolute atomic E-state index is 14.3. The number of aromatic nitrogens is 1. The molecular weight excluding hydrogens is 789 g/mol. The summed E-state index contributed by atoms with van der Waals surface area (Å²) >= 11 is 0. The first-order valence-electron chi connectivity index (χ1n) is 22.4. The van der Waals surface area contributed by atoms with Gasteiger partial charge in [-0.15, -0.1) is 0 Å². The average molecular weight is 827 g/mol. The third kappa shape index (κ3) is 4.76. The van der Waals surface area contributed by atoms with Crippen LogP contribution in [-0.4, -0.2) is 10.4 Å². The number of anilines is 3. The number of rotatable bonds is 4. The minimum atomic E-state index is -0.616. The van der Waals surface area contributed by atoms with Gasteiger partial charge in [-0.25, -0.2) is 0 Å². The molecule has 0 bridgehead atoms. The number of ketones is 1. The van der Waals surface area contributed by atoms with Crippen LogP contribution in [0.5, 0.6) is 0 Å². The number of carbonyl (C=O) groups excluding carboxylic acids is 1. The molecule has 0 N–H and O–H groups in total. The monoisotopic (exact) mass is 826 g/mol. The van der Waals surface area contributed by atoms with Gasteiger partial charge in [-0.05, 0) is 97.6 Å². The van der Waals surface area contributed by atoms with Crippen molar-refractivity contribution in [3.63, 3.8) is 0 Å². The molecule has 302 valence electrons. The summed E-state index contributed by atoms with van der Waals surface area (Å²) in [6.07, 6.45) is 0. The van der Waals surface area contributed by atoms with E-state index in [1.807, 2.05) is 18.2 Å². The smallest absolute Gasteiger partial charge is 0.194 e. The van der Waals surface area contributed by atoms with Crippen LogP contribution in [0, 0.1) is 0 Å². The lowest BCUT2D eigenvalue weighted by molar-refractivity contribution is 0.104. The minimum absolute atomic E-state index is 0.0778. The van der Waals surface area contributed by atoms with Crippen molar-refractivity contribution in [2.75, 3.05) is 4.90 Å². The van der Waals surface area contributed by atoms with Crippen LogP contribution in [0.15, 0.2) is 231 Å². The number of benzene rings is 10. The Morgan fingerprint density at radius 3 is 1.72 bits per heavy atom. The van der Waals surface area contributed by atoms with Crippen LogP contribution in [0.3, 0.4) is 0 Å². The molecule has 0 atom stereocenters. The first kappa shape index (κ1) is 36.0. The van der Waals surface area contributed by atoms with E-state index < -0.39 is 5.41 Å². The molecule has 1 aromatic heterocycles. The molecule has 3 nitrogen and oxygen atoms in total. The number of carbonyl (C=O) groups is 1. The minimum Gasteiger partial charge on any atom is -0.307 e. The van der Waals surface area contributed by atoms with Gasteiger partial charge >= 0.3 is 0 Å².